The van der Waals surface area contributed by atoms with Crippen LogP contribution < -0.4 is 4.74 Å². The highest BCUT2D eigenvalue weighted by Gasteiger charge is 2.60. The Morgan fingerprint density at radius 3 is 2.91 bits per heavy atom. The second-order valence-corrected chi connectivity index (χ2v) is 7.43. The SMILES string of the molecule is CC1(Oc2cc(C(=O)O)ccc2F)CC2CC1C1CCCC21. The molecule has 0 radical (unpaired) electrons. The minimum atomic E-state index is -1.06. The summed E-state index contributed by atoms with van der Waals surface area (Å²) in [6.07, 6.45) is 6.07. The summed E-state index contributed by atoms with van der Waals surface area (Å²) in [5.41, 5.74) is -0.282. The number of fused-ring (bicyclic) bond motifs is 5. The van der Waals surface area contributed by atoms with Crippen molar-refractivity contribution in [2.75, 3.05) is 0 Å². The maximum atomic E-state index is 14.0. The van der Waals surface area contributed by atoms with Crippen LogP contribution in [0.15, 0.2) is 18.2 Å². The van der Waals surface area contributed by atoms with Crippen LogP contribution >= 0.6 is 0 Å². The molecular formula is C18H21FO3. The van der Waals surface area contributed by atoms with Crippen LogP contribution in [0.4, 0.5) is 4.39 Å². The van der Waals surface area contributed by atoms with Crippen LogP contribution in [0.25, 0.3) is 0 Å². The van der Waals surface area contributed by atoms with Crippen LogP contribution in [0.1, 0.15) is 49.4 Å². The van der Waals surface area contributed by atoms with Crippen molar-refractivity contribution < 1.29 is 19.0 Å². The van der Waals surface area contributed by atoms with E-state index in [0.29, 0.717) is 11.8 Å². The number of ether oxygens (including phenoxy) is 1. The molecule has 0 aliphatic heterocycles. The zero-order valence-electron chi connectivity index (χ0n) is 12.7. The molecule has 2 bridgehead atoms. The number of halogens is 1. The van der Waals surface area contributed by atoms with Gasteiger partial charge in [0, 0.05) is 5.92 Å². The smallest absolute Gasteiger partial charge is 0.335 e. The molecule has 5 atom stereocenters. The Balaban J connectivity index is 1.61. The first-order valence-electron chi connectivity index (χ1n) is 8.20. The highest BCUT2D eigenvalue weighted by Crippen LogP contribution is 2.63. The summed E-state index contributed by atoms with van der Waals surface area (Å²) in [5.74, 6) is 1.30. The van der Waals surface area contributed by atoms with E-state index in [2.05, 4.69) is 6.92 Å². The number of aromatic carboxylic acids is 1. The lowest BCUT2D eigenvalue weighted by atomic mass is 9.73. The maximum Gasteiger partial charge on any atom is 0.335 e. The van der Waals surface area contributed by atoms with Gasteiger partial charge in [-0.3, -0.25) is 0 Å². The zero-order valence-corrected chi connectivity index (χ0v) is 12.7. The summed E-state index contributed by atoms with van der Waals surface area (Å²) in [6.45, 7) is 2.08. The Hall–Kier alpha value is -1.58. The molecule has 3 aliphatic rings. The van der Waals surface area contributed by atoms with Gasteiger partial charge in [0.2, 0.25) is 0 Å². The molecule has 3 fully saturated rings. The molecule has 22 heavy (non-hydrogen) atoms. The van der Waals surface area contributed by atoms with Gasteiger partial charge in [-0.05, 0) is 68.6 Å². The topological polar surface area (TPSA) is 46.5 Å². The van der Waals surface area contributed by atoms with Crippen molar-refractivity contribution in [1.29, 1.82) is 0 Å². The fourth-order valence-corrected chi connectivity index (χ4v) is 5.47. The molecule has 1 aromatic rings. The molecule has 1 aromatic carbocycles. The number of carboxylic acids is 1. The third-order valence-electron chi connectivity index (χ3n) is 6.28. The van der Waals surface area contributed by atoms with Gasteiger partial charge in [-0.2, -0.15) is 0 Å². The van der Waals surface area contributed by atoms with Crippen LogP contribution in [0, 0.1) is 29.5 Å². The molecule has 118 valence electrons. The van der Waals surface area contributed by atoms with Crippen molar-refractivity contribution in [2.45, 2.75) is 44.6 Å². The number of rotatable bonds is 3. The van der Waals surface area contributed by atoms with Gasteiger partial charge in [0.1, 0.15) is 5.60 Å². The van der Waals surface area contributed by atoms with Crippen LogP contribution in [0.5, 0.6) is 5.75 Å². The summed E-state index contributed by atoms with van der Waals surface area (Å²) >= 11 is 0. The van der Waals surface area contributed by atoms with E-state index in [9.17, 15) is 9.18 Å². The van der Waals surface area contributed by atoms with Crippen LogP contribution in [-0.4, -0.2) is 16.7 Å². The van der Waals surface area contributed by atoms with E-state index < -0.39 is 11.8 Å². The van der Waals surface area contributed by atoms with Gasteiger partial charge in [0.15, 0.2) is 11.6 Å². The lowest BCUT2D eigenvalue weighted by Gasteiger charge is -2.40. The Morgan fingerprint density at radius 2 is 2.14 bits per heavy atom. The first-order chi connectivity index (χ1) is 10.5. The van der Waals surface area contributed by atoms with Crippen LogP contribution in [-0.2, 0) is 0 Å². The first-order valence-corrected chi connectivity index (χ1v) is 8.20. The molecule has 3 aliphatic carbocycles. The third kappa shape index (κ3) is 1.96. The molecule has 4 rings (SSSR count). The van der Waals surface area contributed by atoms with Gasteiger partial charge in [-0.15, -0.1) is 0 Å². The van der Waals surface area contributed by atoms with E-state index in [0.717, 1.165) is 18.3 Å². The fraction of sp³-hybridized carbons (Fsp3) is 0.611. The van der Waals surface area contributed by atoms with Gasteiger partial charge in [-0.1, -0.05) is 6.42 Å². The predicted octanol–water partition coefficient (Wildman–Crippen LogP) is 4.12. The lowest BCUT2D eigenvalue weighted by Crippen LogP contribution is -2.43. The maximum absolute atomic E-state index is 14.0. The monoisotopic (exact) mass is 304 g/mol. The summed E-state index contributed by atoms with van der Waals surface area (Å²) in [6, 6.07) is 3.79. The van der Waals surface area contributed by atoms with Crippen molar-refractivity contribution in [1.82, 2.24) is 0 Å². The summed E-state index contributed by atoms with van der Waals surface area (Å²) in [5, 5.41) is 9.08. The number of carboxylic acid groups (broad SMARTS) is 1. The molecule has 0 heterocycles. The Labute approximate surface area is 129 Å². The largest absolute Gasteiger partial charge is 0.484 e. The number of hydrogen-bond donors (Lipinski definition) is 1. The van der Waals surface area contributed by atoms with Crippen LogP contribution in [0.2, 0.25) is 0 Å². The molecule has 4 heteroatoms. The Kier molecular flexibility index (Phi) is 3.00. The Morgan fingerprint density at radius 1 is 1.36 bits per heavy atom. The molecule has 3 saturated carbocycles. The van der Waals surface area contributed by atoms with E-state index >= 15 is 0 Å². The van der Waals surface area contributed by atoms with Crippen molar-refractivity contribution in [3.63, 3.8) is 0 Å². The molecular weight excluding hydrogens is 283 g/mol. The fourth-order valence-electron chi connectivity index (χ4n) is 5.47. The minimum Gasteiger partial charge on any atom is -0.484 e. The molecule has 0 saturated heterocycles. The first kappa shape index (κ1) is 14.0. The second kappa shape index (κ2) is 4.71. The molecule has 3 nitrogen and oxygen atoms in total. The van der Waals surface area contributed by atoms with E-state index in [-0.39, 0.29) is 16.9 Å². The van der Waals surface area contributed by atoms with E-state index in [1.165, 1.54) is 43.9 Å². The van der Waals surface area contributed by atoms with Gasteiger partial charge in [-0.25, -0.2) is 9.18 Å². The molecule has 0 spiro atoms. The van der Waals surface area contributed by atoms with Gasteiger partial charge in [0.25, 0.3) is 0 Å². The lowest BCUT2D eigenvalue weighted by molar-refractivity contribution is -0.00972. The predicted molar refractivity (Wildman–Crippen MR) is 79.4 cm³/mol. The van der Waals surface area contributed by atoms with Crippen molar-refractivity contribution in [3.8, 4) is 5.75 Å². The zero-order chi connectivity index (χ0) is 15.5. The third-order valence-corrected chi connectivity index (χ3v) is 6.28. The molecule has 0 amide bonds. The average Bonchev–Trinajstić information content (AvgIpc) is 3.12. The molecule has 1 N–H and O–H groups in total. The number of benzene rings is 1. The minimum absolute atomic E-state index is 0.0712. The van der Waals surface area contributed by atoms with Crippen LogP contribution in [0.3, 0.4) is 0 Å². The Bertz CT molecular complexity index is 629. The average molecular weight is 304 g/mol. The normalized spacial score (nSPS) is 39.0. The van der Waals surface area contributed by atoms with Gasteiger partial charge >= 0.3 is 5.97 Å². The van der Waals surface area contributed by atoms with E-state index in [1.807, 2.05) is 0 Å². The van der Waals surface area contributed by atoms with E-state index in [4.69, 9.17) is 9.84 Å². The number of carbonyl (C=O) groups is 1. The summed E-state index contributed by atoms with van der Waals surface area (Å²) in [7, 11) is 0. The molecule has 0 aromatic heterocycles. The molecule has 5 unspecified atom stereocenters. The quantitative estimate of drug-likeness (QED) is 0.913. The summed E-state index contributed by atoms with van der Waals surface area (Å²) < 4.78 is 20.1. The standard InChI is InChI=1S/C18H21FO3/c1-18(9-11-7-14(18)13-4-2-3-12(11)13)22-16-8-10(17(20)21)5-6-15(16)19/h5-6,8,11-14H,2-4,7,9H2,1H3,(H,20,21). The highest BCUT2D eigenvalue weighted by molar-refractivity contribution is 5.88. The highest BCUT2D eigenvalue weighted by atomic mass is 19.1. The van der Waals surface area contributed by atoms with Crippen molar-refractivity contribution in [3.05, 3.63) is 29.6 Å². The summed E-state index contributed by atoms with van der Waals surface area (Å²) in [4.78, 5) is 11.1. The van der Waals surface area contributed by atoms with Gasteiger partial charge in [0.05, 0.1) is 5.56 Å². The number of hydrogen-bond acceptors (Lipinski definition) is 2. The van der Waals surface area contributed by atoms with Crippen molar-refractivity contribution >= 4 is 5.97 Å². The van der Waals surface area contributed by atoms with E-state index in [1.54, 1.807) is 0 Å². The van der Waals surface area contributed by atoms with Crippen molar-refractivity contribution in [2.24, 2.45) is 23.7 Å². The van der Waals surface area contributed by atoms with Gasteiger partial charge < -0.3 is 9.84 Å². The second-order valence-electron chi connectivity index (χ2n) is 7.43.